The van der Waals surface area contributed by atoms with Crippen molar-refractivity contribution in [3.8, 4) is 5.75 Å². The molecule has 1 aromatic heterocycles. The molecular formula is C24H31N5O3S. The van der Waals surface area contributed by atoms with Gasteiger partial charge in [-0.2, -0.15) is 0 Å². The van der Waals surface area contributed by atoms with Crippen LogP contribution in [0.3, 0.4) is 0 Å². The van der Waals surface area contributed by atoms with E-state index in [1.165, 1.54) is 11.8 Å². The molecule has 0 bridgehead atoms. The maximum atomic E-state index is 12.8. The van der Waals surface area contributed by atoms with Crippen LogP contribution >= 0.6 is 11.8 Å². The van der Waals surface area contributed by atoms with Gasteiger partial charge in [0, 0.05) is 33.0 Å². The van der Waals surface area contributed by atoms with E-state index in [-0.39, 0.29) is 24.0 Å². The lowest BCUT2D eigenvalue weighted by Gasteiger charge is -2.18. The van der Waals surface area contributed by atoms with Crippen LogP contribution in [0.5, 0.6) is 5.75 Å². The summed E-state index contributed by atoms with van der Waals surface area (Å²) < 4.78 is 7.27. The zero-order valence-electron chi connectivity index (χ0n) is 19.6. The molecule has 0 radical (unpaired) electrons. The number of carbonyl (C=O) groups is 2. The average Bonchev–Trinajstić information content (AvgIpc) is 3.16. The molecule has 0 spiro atoms. The van der Waals surface area contributed by atoms with E-state index >= 15 is 0 Å². The van der Waals surface area contributed by atoms with Gasteiger partial charge in [0.1, 0.15) is 11.6 Å². The van der Waals surface area contributed by atoms with Crippen LogP contribution in [0.1, 0.15) is 31.7 Å². The van der Waals surface area contributed by atoms with Crippen molar-refractivity contribution in [1.29, 1.82) is 0 Å². The topological polar surface area (TPSA) is 103 Å². The third-order valence-electron chi connectivity index (χ3n) is 5.22. The van der Waals surface area contributed by atoms with E-state index in [0.29, 0.717) is 24.0 Å². The minimum absolute atomic E-state index is 0.00705. The number of ether oxygens (including phenoxy) is 1. The van der Waals surface area contributed by atoms with Crippen molar-refractivity contribution in [2.75, 3.05) is 19.9 Å². The lowest BCUT2D eigenvalue weighted by atomic mass is 10.1. The number of hydrogen-bond donors (Lipinski definition) is 1. The van der Waals surface area contributed by atoms with Gasteiger partial charge < -0.3 is 19.9 Å². The Labute approximate surface area is 198 Å². The first-order valence-corrected chi connectivity index (χ1v) is 11.9. The second kappa shape index (κ2) is 11.2. The fourth-order valence-electron chi connectivity index (χ4n) is 3.49. The zero-order chi connectivity index (χ0) is 24.0. The third-order valence-corrected chi connectivity index (χ3v) is 6.17. The Hall–Kier alpha value is -3.07. The van der Waals surface area contributed by atoms with E-state index in [9.17, 15) is 9.59 Å². The number of fused-ring (bicyclic) bond motifs is 1. The van der Waals surface area contributed by atoms with Crippen molar-refractivity contribution in [3.63, 3.8) is 0 Å². The highest BCUT2D eigenvalue weighted by Crippen LogP contribution is 2.23. The first-order chi connectivity index (χ1) is 15.8. The number of rotatable bonds is 11. The molecule has 2 N–H and O–H groups in total. The Morgan fingerprint density at radius 2 is 1.88 bits per heavy atom. The van der Waals surface area contributed by atoms with Crippen LogP contribution in [-0.4, -0.2) is 51.4 Å². The summed E-state index contributed by atoms with van der Waals surface area (Å²) in [5.74, 6) is 1.81. The van der Waals surface area contributed by atoms with E-state index in [2.05, 4.69) is 30.1 Å². The van der Waals surface area contributed by atoms with Gasteiger partial charge in [-0.1, -0.05) is 43.8 Å². The van der Waals surface area contributed by atoms with Gasteiger partial charge in [-0.25, -0.2) is 0 Å². The summed E-state index contributed by atoms with van der Waals surface area (Å²) >= 11 is 1.37. The molecule has 2 aromatic carbocycles. The number of aryl methyl sites for hydroxylation is 1. The summed E-state index contributed by atoms with van der Waals surface area (Å²) in [5.41, 5.74) is 6.34. The highest BCUT2D eigenvalue weighted by Gasteiger charge is 2.17. The first kappa shape index (κ1) is 24.6. The molecule has 0 unspecified atom stereocenters. The monoisotopic (exact) mass is 469 g/mol. The van der Waals surface area contributed by atoms with Crippen molar-refractivity contribution in [3.05, 3.63) is 47.8 Å². The van der Waals surface area contributed by atoms with E-state index in [1.54, 1.807) is 19.1 Å². The molecular weight excluding hydrogens is 438 g/mol. The quantitative estimate of drug-likeness (QED) is 0.432. The lowest BCUT2D eigenvalue weighted by molar-refractivity contribution is -0.127. The summed E-state index contributed by atoms with van der Waals surface area (Å²) in [4.78, 5) is 25.7. The SMILES string of the molecule is COc1ccc2cc(CN(C)C(=O)CSc3nnc(CCC(N)=O)n3CC(C)C)ccc2c1. The van der Waals surface area contributed by atoms with Crippen LogP contribution < -0.4 is 10.5 Å². The van der Waals surface area contributed by atoms with E-state index in [1.807, 2.05) is 34.9 Å². The first-order valence-electron chi connectivity index (χ1n) is 10.9. The number of aromatic nitrogens is 3. The number of primary amides is 1. The van der Waals surface area contributed by atoms with Gasteiger partial charge in [-0.3, -0.25) is 9.59 Å². The van der Waals surface area contributed by atoms with E-state index in [0.717, 1.165) is 34.5 Å². The van der Waals surface area contributed by atoms with Crippen LogP contribution in [0.25, 0.3) is 10.8 Å². The number of amides is 2. The molecule has 9 heteroatoms. The predicted molar refractivity (Wildman–Crippen MR) is 130 cm³/mol. The van der Waals surface area contributed by atoms with E-state index < -0.39 is 0 Å². The number of nitrogens with two attached hydrogens (primary N) is 1. The van der Waals surface area contributed by atoms with Crippen molar-refractivity contribution >= 4 is 34.3 Å². The molecule has 0 atom stereocenters. The Kier molecular flexibility index (Phi) is 8.32. The molecule has 0 fully saturated rings. The number of hydrogen-bond acceptors (Lipinski definition) is 6. The summed E-state index contributed by atoms with van der Waals surface area (Å²) in [6.07, 6.45) is 0.665. The molecule has 176 valence electrons. The van der Waals surface area contributed by atoms with Crippen molar-refractivity contribution < 1.29 is 14.3 Å². The highest BCUT2D eigenvalue weighted by atomic mass is 32.2. The minimum Gasteiger partial charge on any atom is -0.497 e. The number of methoxy groups -OCH3 is 1. The Bertz CT molecular complexity index is 1130. The van der Waals surface area contributed by atoms with E-state index in [4.69, 9.17) is 10.5 Å². The smallest absolute Gasteiger partial charge is 0.233 e. The normalized spacial score (nSPS) is 11.2. The molecule has 2 amide bonds. The number of carbonyl (C=O) groups excluding carboxylic acids is 2. The van der Waals surface area contributed by atoms with Gasteiger partial charge in [0.25, 0.3) is 0 Å². The summed E-state index contributed by atoms with van der Waals surface area (Å²) in [6.45, 7) is 5.44. The molecule has 8 nitrogen and oxygen atoms in total. The van der Waals surface area contributed by atoms with Crippen molar-refractivity contribution in [2.24, 2.45) is 11.7 Å². The second-order valence-corrected chi connectivity index (χ2v) is 9.40. The van der Waals surface area contributed by atoms with Crippen LogP contribution in [0.2, 0.25) is 0 Å². The molecule has 0 aliphatic rings. The summed E-state index contributed by atoms with van der Waals surface area (Å²) in [6, 6.07) is 12.1. The zero-order valence-corrected chi connectivity index (χ0v) is 20.4. The van der Waals surface area contributed by atoms with Crippen LogP contribution in [0.4, 0.5) is 0 Å². The van der Waals surface area contributed by atoms with Gasteiger partial charge in [0.2, 0.25) is 11.8 Å². The standard InChI is InChI=1S/C24H31N5O3S/c1-16(2)13-29-22(10-9-21(25)30)26-27-24(29)33-15-23(31)28(3)14-17-5-6-19-12-20(32-4)8-7-18(19)11-17/h5-8,11-12,16H,9-10,13-15H2,1-4H3,(H2,25,30). The summed E-state index contributed by atoms with van der Waals surface area (Å²) in [7, 11) is 3.46. The van der Waals surface area contributed by atoms with Crippen LogP contribution in [-0.2, 0) is 29.1 Å². The van der Waals surface area contributed by atoms with Gasteiger partial charge in [0.15, 0.2) is 5.16 Å². The number of nitrogens with zero attached hydrogens (tertiary/aromatic N) is 4. The molecule has 3 aromatic rings. The van der Waals surface area contributed by atoms with Gasteiger partial charge in [-0.05, 0) is 40.5 Å². The predicted octanol–water partition coefficient (Wildman–Crippen LogP) is 3.26. The number of thioether (sulfide) groups is 1. The molecule has 3 rings (SSSR count). The fraction of sp³-hybridized carbons (Fsp3) is 0.417. The van der Waals surface area contributed by atoms with Crippen molar-refractivity contribution in [1.82, 2.24) is 19.7 Å². The molecule has 0 aliphatic carbocycles. The highest BCUT2D eigenvalue weighted by molar-refractivity contribution is 7.99. The lowest BCUT2D eigenvalue weighted by Crippen LogP contribution is -2.28. The minimum atomic E-state index is -0.368. The molecule has 0 saturated heterocycles. The summed E-state index contributed by atoms with van der Waals surface area (Å²) in [5, 5.41) is 11.4. The number of benzene rings is 2. The maximum Gasteiger partial charge on any atom is 0.233 e. The van der Waals surface area contributed by atoms with Crippen LogP contribution in [0.15, 0.2) is 41.6 Å². The van der Waals surface area contributed by atoms with Gasteiger partial charge in [0.05, 0.1) is 12.9 Å². The Balaban J connectivity index is 1.63. The largest absolute Gasteiger partial charge is 0.497 e. The molecule has 1 heterocycles. The third kappa shape index (κ3) is 6.71. The molecule has 0 aliphatic heterocycles. The Morgan fingerprint density at radius 1 is 1.15 bits per heavy atom. The maximum absolute atomic E-state index is 12.8. The van der Waals surface area contributed by atoms with Crippen LogP contribution in [0, 0.1) is 5.92 Å². The Morgan fingerprint density at radius 3 is 2.58 bits per heavy atom. The average molecular weight is 470 g/mol. The molecule has 33 heavy (non-hydrogen) atoms. The van der Waals surface area contributed by atoms with Gasteiger partial charge in [-0.15, -0.1) is 10.2 Å². The second-order valence-electron chi connectivity index (χ2n) is 8.46. The van der Waals surface area contributed by atoms with Gasteiger partial charge >= 0.3 is 0 Å². The molecule has 0 saturated carbocycles. The van der Waals surface area contributed by atoms with Crippen molar-refractivity contribution in [2.45, 2.75) is 44.9 Å². The fourth-order valence-corrected chi connectivity index (χ4v) is 4.40.